The van der Waals surface area contributed by atoms with Gasteiger partial charge in [0.05, 0.1) is 0 Å². The molecule has 0 aromatic heterocycles. The Morgan fingerprint density at radius 2 is 2.10 bits per heavy atom. The van der Waals surface area contributed by atoms with Gasteiger partial charge in [0, 0.05) is 24.7 Å². The monoisotopic (exact) mass is 296 g/mol. The van der Waals surface area contributed by atoms with Gasteiger partial charge in [0.25, 0.3) is 0 Å². The zero-order valence-corrected chi connectivity index (χ0v) is 13.0. The van der Waals surface area contributed by atoms with Gasteiger partial charge >= 0.3 is 0 Å². The standard InChI is InChI=1S/C17H26F2N2/c1-3-8-20-17-7-9-21(11-13(17)4-2)12-14-10-15(18)5-6-16(14)19/h5-6,10,13,17,20H,3-4,7-9,11-12H2,1-2H3. The van der Waals surface area contributed by atoms with Gasteiger partial charge in [0.15, 0.2) is 0 Å². The summed E-state index contributed by atoms with van der Waals surface area (Å²) in [6.07, 6.45) is 3.34. The second-order valence-corrected chi connectivity index (χ2v) is 5.99. The Kier molecular flexibility index (Phi) is 6.12. The van der Waals surface area contributed by atoms with Crippen molar-refractivity contribution in [3.05, 3.63) is 35.4 Å². The first-order chi connectivity index (χ1) is 10.1. The molecule has 2 nitrogen and oxygen atoms in total. The van der Waals surface area contributed by atoms with Crippen LogP contribution in [0.1, 0.15) is 38.7 Å². The van der Waals surface area contributed by atoms with Crippen LogP contribution in [0.15, 0.2) is 18.2 Å². The molecule has 1 aromatic carbocycles. The quantitative estimate of drug-likeness (QED) is 0.863. The number of piperidine rings is 1. The summed E-state index contributed by atoms with van der Waals surface area (Å²) in [6.45, 7) is 7.83. The summed E-state index contributed by atoms with van der Waals surface area (Å²) < 4.78 is 27.0. The Hall–Kier alpha value is -1.00. The van der Waals surface area contributed by atoms with Crippen LogP contribution in [-0.2, 0) is 6.54 Å². The highest BCUT2D eigenvalue weighted by atomic mass is 19.1. The van der Waals surface area contributed by atoms with Crippen molar-refractivity contribution in [2.45, 2.75) is 45.7 Å². The normalized spacial score (nSPS) is 23.4. The van der Waals surface area contributed by atoms with Crippen LogP contribution < -0.4 is 5.32 Å². The van der Waals surface area contributed by atoms with Crippen molar-refractivity contribution in [1.29, 1.82) is 0 Å². The van der Waals surface area contributed by atoms with Gasteiger partial charge in [-0.3, -0.25) is 4.90 Å². The maximum absolute atomic E-state index is 13.7. The predicted molar refractivity (Wildman–Crippen MR) is 82.1 cm³/mol. The first-order valence-corrected chi connectivity index (χ1v) is 8.03. The molecule has 1 fully saturated rings. The summed E-state index contributed by atoms with van der Waals surface area (Å²) in [7, 11) is 0. The van der Waals surface area contributed by atoms with Gasteiger partial charge in [-0.05, 0) is 50.0 Å². The van der Waals surface area contributed by atoms with Crippen molar-refractivity contribution in [1.82, 2.24) is 10.2 Å². The summed E-state index contributed by atoms with van der Waals surface area (Å²) in [4.78, 5) is 2.25. The first kappa shape index (κ1) is 16.4. The number of likely N-dealkylation sites (tertiary alicyclic amines) is 1. The maximum Gasteiger partial charge on any atom is 0.127 e. The first-order valence-electron chi connectivity index (χ1n) is 8.03. The highest BCUT2D eigenvalue weighted by Gasteiger charge is 2.27. The molecule has 0 spiro atoms. The van der Waals surface area contributed by atoms with E-state index in [-0.39, 0.29) is 11.6 Å². The molecular formula is C17H26F2N2. The van der Waals surface area contributed by atoms with Crippen molar-refractivity contribution in [3.8, 4) is 0 Å². The van der Waals surface area contributed by atoms with E-state index >= 15 is 0 Å². The molecule has 1 saturated heterocycles. The van der Waals surface area contributed by atoms with Crippen molar-refractivity contribution >= 4 is 0 Å². The summed E-state index contributed by atoms with van der Waals surface area (Å²) in [5.74, 6) is -0.0875. The third-order valence-corrected chi connectivity index (χ3v) is 4.40. The molecule has 1 aliphatic heterocycles. The van der Waals surface area contributed by atoms with E-state index in [0.29, 0.717) is 24.1 Å². The maximum atomic E-state index is 13.7. The second-order valence-electron chi connectivity index (χ2n) is 5.99. The summed E-state index contributed by atoms with van der Waals surface area (Å²) in [6, 6.07) is 4.27. The molecule has 21 heavy (non-hydrogen) atoms. The van der Waals surface area contributed by atoms with Gasteiger partial charge in [-0.2, -0.15) is 0 Å². The van der Waals surface area contributed by atoms with Crippen molar-refractivity contribution < 1.29 is 8.78 Å². The van der Waals surface area contributed by atoms with E-state index in [9.17, 15) is 8.78 Å². The van der Waals surface area contributed by atoms with E-state index in [2.05, 4.69) is 24.1 Å². The molecule has 1 heterocycles. The lowest BCUT2D eigenvalue weighted by molar-refractivity contribution is 0.127. The Labute approximate surface area is 126 Å². The lowest BCUT2D eigenvalue weighted by atomic mass is 9.89. The highest BCUT2D eigenvalue weighted by Crippen LogP contribution is 2.23. The average molecular weight is 296 g/mol. The van der Waals surface area contributed by atoms with Gasteiger partial charge in [-0.1, -0.05) is 20.3 Å². The van der Waals surface area contributed by atoms with Crippen LogP contribution in [0, 0.1) is 17.6 Å². The molecule has 1 N–H and O–H groups in total. The zero-order valence-electron chi connectivity index (χ0n) is 13.0. The van der Waals surface area contributed by atoms with Crippen LogP contribution in [0.25, 0.3) is 0 Å². The molecule has 1 aromatic rings. The Balaban J connectivity index is 1.95. The minimum absolute atomic E-state index is 0.310. The smallest absolute Gasteiger partial charge is 0.127 e. The molecular weight excluding hydrogens is 270 g/mol. The highest BCUT2D eigenvalue weighted by molar-refractivity contribution is 5.18. The van der Waals surface area contributed by atoms with E-state index < -0.39 is 0 Å². The summed E-state index contributed by atoms with van der Waals surface area (Å²) >= 11 is 0. The van der Waals surface area contributed by atoms with E-state index in [1.807, 2.05) is 0 Å². The molecule has 0 aliphatic carbocycles. The van der Waals surface area contributed by atoms with Crippen LogP contribution in [0.2, 0.25) is 0 Å². The molecule has 0 saturated carbocycles. The molecule has 2 atom stereocenters. The van der Waals surface area contributed by atoms with Crippen LogP contribution in [0.4, 0.5) is 8.78 Å². The van der Waals surface area contributed by atoms with Crippen LogP contribution in [0.3, 0.4) is 0 Å². The molecule has 0 bridgehead atoms. The Bertz CT molecular complexity index is 450. The zero-order chi connectivity index (χ0) is 15.2. The Morgan fingerprint density at radius 3 is 2.81 bits per heavy atom. The number of hydrogen-bond acceptors (Lipinski definition) is 2. The fraction of sp³-hybridized carbons (Fsp3) is 0.647. The van der Waals surface area contributed by atoms with Crippen LogP contribution in [0.5, 0.6) is 0 Å². The molecule has 2 unspecified atom stereocenters. The van der Waals surface area contributed by atoms with Gasteiger partial charge in [0.1, 0.15) is 11.6 Å². The SMILES string of the molecule is CCCNC1CCN(Cc2cc(F)ccc2F)CC1CC. The van der Waals surface area contributed by atoms with Gasteiger partial charge in [0.2, 0.25) is 0 Å². The largest absolute Gasteiger partial charge is 0.314 e. The molecule has 1 aliphatic rings. The minimum Gasteiger partial charge on any atom is -0.314 e. The molecule has 2 rings (SSSR count). The van der Waals surface area contributed by atoms with Gasteiger partial charge < -0.3 is 5.32 Å². The molecule has 0 amide bonds. The predicted octanol–water partition coefficient (Wildman–Crippen LogP) is 3.56. The van der Waals surface area contributed by atoms with Gasteiger partial charge in [-0.25, -0.2) is 8.78 Å². The number of nitrogens with zero attached hydrogens (tertiary/aromatic N) is 1. The van der Waals surface area contributed by atoms with E-state index in [0.717, 1.165) is 38.9 Å². The van der Waals surface area contributed by atoms with E-state index in [1.165, 1.54) is 18.2 Å². The number of halogens is 2. The topological polar surface area (TPSA) is 15.3 Å². The third kappa shape index (κ3) is 4.48. The van der Waals surface area contributed by atoms with Crippen molar-refractivity contribution in [3.63, 3.8) is 0 Å². The van der Waals surface area contributed by atoms with Crippen LogP contribution in [-0.4, -0.2) is 30.6 Å². The number of benzene rings is 1. The summed E-state index contributed by atoms with van der Waals surface area (Å²) in [5, 5.41) is 3.62. The number of nitrogens with one attached hydrogen (secondary N) is 1. The lowest BCUT2D eigenvalue weighted by Crippen LogP contribution is -2.49. The third-order valence-electron chi connectivity index (χ3n) is 4.40. The number of rotatable bonds is 6. The minimum atomic E-state index is -0.363. The lowest BCUT2D eigenvalue weighted by Gasteiger charge is -2.39. The molecule has 0 radical (unpaired) electrons. The summed E-state index contributed by atoms with van der Waals surface area (Å²) in [5.41, 5.74) is 0.463. The Morgan fingerprint density at radius 1 is 1.29 bits per heavy atom. The van der Waals surface area contributed by atoms with Gasteiger partial charge in [-0.15, -0.1) is 0 Å². The molecule has 118 valence electrons. The fourth-order valence-electron chi connectivity index (χ4n) is 3.17. The average Bonchev–Trinajstić information content (AvgIpc) is 2.49. The second kappa shape index (κ2) is 7.85. The van der Waals surface area contributed by atoms with E-state index in [4.69, 9.17) is 0 Å². The van der Waals surface area contributed by atoms with Crippen LogP contribution >= 0.6 is 0 Å². The van der Waals surface area contributed by atoms with Crippen molar-refractivity contribution in [2.24, 2.45) is 5.92 Å². The number of hydrogen-bond donors (Lipinski definition) is 1. The van der Waals surface area contributed by atoms with Crippen molar-refractivity contribution in [2.75, 3.05) is 19.6 Å². The fourth-order valence-corrected chi connectivity index (χ4v) is 3.17. The van der Waals surface area contributed by atoms with E-state index in [1.54, 1.807) is 0 Å². The molecule has 4 heteroatoms.